The molecule has 112 valence electrons. The first-order chi connectivity index (χ1) is 9.31. The summed E-state index contributed by atoms with van der Waals surface area (Å²) in [5.74, 6) is -0.155. The molecule has 7 heteroatoms. The van der Waals surface area contributed by atoms with Crippen LogP contribution >= 0.6 is 0 Å². The first-order valence-electron chi connectivity index (χ1n) is 6.26. The molecule has 1 amide bonds. The number of carbonyl (C=O) groups is 1. The van der Waals surface area contributed by atoms with Gasteiger partial charge in [-0.25, -0.2) is 8.42 Å². The Morgan fingerprint density at radius 1 is 1.35 bits per heavy atom. The smallest absolute Gasteiger partial charge is 0.238 e. The van der Waals surface area contributed by atoms with Gasteiger partial charge in [0.25, 0.3) is 0 Å². The van der Waals surface area contributed by atoms with Gasteiger partial charge in [-0.1, -0.05) is 18.2 Å². The van der Waals surface area contributed by atoms with Crippen molar-refractivity contribution in [2.75, 3.05) is 37.5 Å². The summed E-state index contributed by atoms with van der Waals surface area (Å²) in [6, 6.07) is 7.32. The van der Waals surface area contributed by atoms with E-state index in [9.17, 15) is 13.2 Å². The molecule has 0 saturated carbocycles. The lowest BCUT2D eigenvalue weighted by molar-refractivity contribution is -0.117. The van der Waals surface area contributed by atoms with E-state index in [0.717, 1.165) is 5.56 Å². The van der Waals surface area contributed by atoms with Gasteiger partial charge in [0.05, 0.1) is 12.3 Å². The highest BCUT2D eigenvalue weighted by Gasteiger charge is 2.11. The Hall–Kier alpha value is -1.44. The number of anilines is 1. The summed E-state index contributed by atoms with van der Waals surface area (Å²) < 4.78 is 22.1. The first kappa shape index (κ1) is 16.6. The maximum atomic E-state index is 11.9. The molecule has 0 aromatic heterocycles. The number of hydrogen-bond donors (Lipinski definition) is 2. The SMILES string of the molecule is CN(CCS(C)(=O)=O)CC(=O)Nc1ccccc1CN. The van der Waals surface area contributed by atoms with Crippen molar-refractivity contribution in [3.8, 4) is 0 Å². The summed E-state index contributed by atoms with van der Waals surface area (Å²) in [7, 11) is -1.31. The summed E-state index contributed by atoms with van der Waals surface area (Å²) in [6.45, 7) is 0.805. The summed E-state index contributed by atoms with van der Waals surface area (Å²) in [4.78, 5) is 13.5. The molecule has 0 aliphatic rings. The highest BCUT2D eigenvalue weighted by molar-refractivity contribution is 7.90. The van der Waals surface area contributed by atoms with Crippen LogP contribution in [-0.4, -0.2) is 51.4 Å². The molecule has 0 bridgehead atoms. The van der Waals surface area contributed by atoms with E-state index in [1.54, 1.807) is 18.0 Å². The molecule has 0 radical (unpaired) electrons. The van der Waals surface area contributed by atoms with E-state index in [4.69, 9.17) is 5.73 Å². The Kier molecular flexibility index (Phi) is 6.12. The number of nitrogens with zero attached hydrogens (tertiary/aromatic N) is 1. The molecule has 0 spiro atoms. The number of hydrogen-bond acceptors (Lipinski definition) is 5. The van der Waals surface area contributed by atoms with E-state index in [1.165, 1.54) is 6.26 Å². The Bertz CT molecular complexity index is 558. The predicted molar refractivity (Wildman–Crippen MR) is 80.2 cm³/mol. The molecule has 0 heterocycles. The van der Waals surface area contributed by atoms with E-state index < -0.39 is 9.84 Å². The number of para-hydroxylation sites is 1. The topological polar surface area (TPSA) is 92.5 Å². The van der Waals surface area contributed by atoms with Crippen LogP contribution in [0.3, 0.4) is 0 Å². The first-order valence-corrected chi connectivity index (χ1v) is 8.32. The van der Waals surface area contributed by atoms with Gasteiger partial charge in [0.15, 0.2) is 0 Å². The van der Waals surface area contributed by atoms with Crippen LogP contribution in [0.5, 0.6) is 0 Å². The average molecular weight is 299 g/mol. The van der Waals surface area contributed by atoms with Gasteiger partial charge in [-0.3, -0.25) is 9.69 Å². The fraction of sp³-hybridized carbons (Fsp3) is 0.462. The average Bonchev–Trinajstić information content (AvgIpc) is 2.36. The van der Waals surface area contributed by atoms with Crippen LogP contribution in [0.15, 0.2) is 24.3 Å². The van der Waals surface area contributed by atoms with Crippen LogP contribution in [0, 0.1) is 0 Å². The lowest BCUT2D eigenvalue weighted by atomic mass is 10.2. The molecular formula is C13H21N3O3S. The number of sulfone groups is 1. The van der Waals surface area contributed by atoms with Crippen molar-refractivity contribution < 1.29 is 13.2 Å². The van der Waals surface area contributed by atoms with E-state index in [0.29, 0.717) is 18.8 Å². The monoisotopic (exact) mass is 299 g/mol. The number of likely N-dealkylation sites (N-methyl/N-ethyl adjacent to an activating group) is 1. The number of carbonyl (C=O) groups excluding carboxylic acids is 1. The largest absolute Gasteiger partial charge is 0.326 e. The van der Waals surface area contributed by atoms with Gasteiger partial charge in [-0.05, 0) is 18.7 Å². The zero-order chi connectivity index (χ0) is 15.2. The summed E-state index contributed by atoms with van der Waals surface area (Å²) >= 11 is 0. The second kappa shape index (κ2) is 7.37. The highest BCUT2D eigenvalue weighted by Crippen LogP contribution is 2.13. The fourth-order valence-electron chi connectivity index (χ4n) is 1.66. The minimum atomic E-state index is -3.01. The van der Waals surface area contributed by atoms with E-state index in [2.05, 4.69) is 5.32 Å². The third-order valence-electron chi connectivity index (χ3n) is 2.77. The summed E-state index contributed by atoms with van der Waals surface area (Å²) in [5.41, 5.74) is 7.15. The van der Waals surface area contributed by atoms with E-state index in [-0.39, 0.29) is 18.2 Å². The van der Waals surface area contributed by atoms with Gasteiger partial charge in [-0.2, -0.15) is 0 Å². The lowest BCUT2D eigenvalue weighted by Gasteiger charge is -2.16. The van der Waals surface area contributed by atoms with Gasteiger partial charge < -0.3 is 11.1 Å². The van der Waals surface area contributed by atoms with Crippen LogP contribution in [0.25, 0.3) is 0 Å². The Morgan fingerprint density at radius 3 is 2.60 bits per heavy atom. The summed E-state index contributed by atoms with van der Waals surface area (Å²) in [5, 5.41) is 2.78. The second-order valence-electron chi connectivity index (χ2n) is 4.78. The predicted octanol–water partition coefficient (Wildman–Crippen LogP) is 0.0602. The molecule has 0 aliphatic heterocycles. The molecular weight excluding hydrogens is 278 g/mol. The standard InChI is InChI=1S/C13H21N3O3S/c1-16(7-8-20(2,18)19)10-13(17)15-12-6-4-3-5-11(12)9-14/h3-6H,7-10,14H2,1-2H3,(H,15,17). The van der Waals surface area contributed by atoms with Crippen LogP contribution in [0.1, 0.15) is 5.56 Å². The zero-order valence-electron chi connectivity index (χ0n) is 11.8. The van der Waals surface area contributed by atoms with E-state index >= 15 is 0 Å². The Balaban J connectivity index is 2.51. The van der Waals surface area contributed by atoms with Crippen molar-refractivity contribution in [3.05, 3.63) is 29.8 Å². The Labute approximate surface area is 119 Å². The molecule has 3 N–H and O–H groups in total. The maximum Gasteiger partial charge on any atom is 0.238 e. The molecule has 1 rings (SSSR count). The van der Waals surface area contributed by atoms with Gasteiger partial charge >= 0.3 is 0 Å². The van der Waals surface area contributed by atoms with Crippen molar-refractivity contribution in [3.63, 3.8) is 0 Å². The zero-order valence-corrected chi connectivity index (χ0v) is 12.6. The molecule has 6 nitrogen and oxygen atoms in total. The molecule has 20 heavy (non-hydrogen) atoms. The van der Waals surface area contributed by atoms with Gasteiger partial charge in [0, 0.05) is 25.0 Å². The van der Waals surface area contributed by atoms with Crippen molar-refractivity contribution in [1.29, 1.82) is 0 Å². The van der Waals surface area contributed by atoms with Crippen LogP contribution in [-0.2, 0) is 21.2 Å². The number of amides is 1. The van der Waals surface area contributed by atoms with Crippen molar-refractivity contribution in [1.82, 2.24) is 4.90 Å². The maximum absolute atomic E-state index is 11.9. The lowest BCUT2D eigenvalue weighted by Crippen LogP contribution is -2.33. The van der Waals surface area contributed by atoms with Crippen LogP contribution in [0.2, 0.25) is 0 Å². The van der Waals surface area contributed by atoms with Gasteiger partial charge in [0.2, 0.25) is 5.91 Å². The quantitative estimate of drug-likeness (QED) is 0.743. The van der Waals surface area contributed by atoms with Gasteiger partial charge in [-0.15, -0.1) is 0 Å². The number of nitrogens with two attached hydrogens (primary N) is 1. The molecule has 0 atom stereocenters. The van der Waals surface area contributed by atoms with Crippen molar-refractivity contribution in [2.24, 2.45) is 5.73 Å². The number of benzene rings is 1. The summed E-state index contributed by atoms with van der Waals surface area (Å²) in [6.07, 6.45) is 1.18. The third kappa shape index (κ3) is 6.14. The fourth-order valence-corrected chi connectivity index (χ4v) is 2.30. The minimum absolute atomic E-state index is 0.0379. The molecule has 0 fully saturated rings. The molecule has 0 unspecified atom stereocenters. The highest BCUT2D eigenvalue weighted by atomic mass is 32.2. The van der Waals surface area contributed by atoms with E-state index in [1.807, 2.05) is 18.2 Å². The van der Waals surface area contributed by atoms with Crippen molar-refractivity contribution in [2.45, 2.75) is 6.54 Å². The number of rotatable bonds is 7. The van der Waals surface area contributed by atoms with Crippen molar-refractivity contribution >= 4 is 21.4 Å². The molecule has 1 aromatic carbocycles. The van der Waals surface area contributed by atoms with Crippen LogP contribution in [0.4, 0.5) is 5.69 Å². The third-order valence-corrected chi connectivity index (χ3v) is 3.69. The normalized spacial score (nSPS) is 11.6. The molecule has 1 aromatic rings. The molecule has 0 aliphatic carbocycles. The van der Waals surface area contributed by atoms with Crippen LogP contribution < -0.4 is 11.1 Å². The Morgan fingerprint density at radius 2 is 2.00 bits per heavy atom. The van der Waals surface area contributed by atoms with Gasteiger partial charge in [0.1, 0.15) is 9.84 Å². The minimum Gasteiger partial charge on any atom is -0.326 e. The second-order valence-corrected chi connectivity index (χ2v) is 7.04. The molecule has 0 saturated heterocycles. The number of nitrogens with one attached hydrogen (secondary N) is 1.